The van der Waals surface area contributed by atoms with Crippen molar-refractivity contribution in [2.75, 3.05) is 0 Å². The van der Waals surface area contributed by atoms with Crippen LogP contribution in [0, 0.1) is 0 Å². The minimum Gasteiger partial charge on any atom is -0.276 e. The summed E-state index contributed by atoms with van der Waals surface area (Å²) in [5.41, 5.74) is -2.81. The largest absolute Gasteiger partial charge is 0.460 e. The lowest BCUT2D eigenvalue weighted by Crippen LogP contribution is -2.69. The summed E-state index contributed by atoms with van der Waals surface area (Å²) in [6.45, 7) is 0. The molecule has 0 amide bonds. The predicted molar refractivity (Wildman–Crippen MR) is 73.8 cm³/mol. The summed E-state index contributed by atoms with van der Waals surface area (Å²) in [5.74, 6) is -37.3. The van der Waals surface area contributed by atoms with Crippen molar-refractivity contribution in [3.05, 3.63) is 42.1 Å². The van der Waals surface area contributed by atoms with Crippen molar-refractivity contribution >= 4 is 0 Å². The highest BCUT2D eigenvalue weighted by molar-refractivity contribution is 5.59. The molecule has 0 atom stereocenters. The van der Waals surface area contributed by atoms with Gasteiger partial charge in [-0.25, -0.2) is 0 Å². The molecule has 30 heavy (non-hydrogen) atoms. The number of nitrogens with one attached hydrogen (secondary N) is 1. The van der Waals surface area contributed by atoms with Gasteiger partial charge in [0.05, 0.1) is 5.69 Å². The van der Waals surface area contributed by atoms with E-state index in [1.165, 1.54) is 35.4 Å². The van der Waals surface area contributed by atoms with Gasteiger partial charge in [0.2, 0.25) is 0 Å². The Labute approximate surface area is 157 Å². The van der Waals surface area contributed by atoms with E-state index in [4.69, 9.17) is 0 Å². The number of hydrogen-bond acceptors (Lipinski definition) is 1. The number of nitrogens with zero attached hydrogens (tertiary/aromatic N) is 1. The fourth-order valence-electron chi connectivity index (χ4n) is 2.18. The molecule has 0 unspecified atom stereocenters. The Morgan fingerprint density at radius 2 is 1.07 bits per heavy atom. The topological polar surface area (TPSA) is 28.7 Å². The van der Waals surface area contributed by atoms with Crippen molar-refractivity contribution in [2.45, 2.75) is 35.8 Å². The zero-order valence-corrected chi connectivity index (χ0v) is 13.8. The molecule has 1 aromatic heterocycles. The molecule has 0 saturated carbocycles. The summed E-state index contributed by atoms with van der Waals surface area (Å²) in [6.07, 6.45) is -7.44. The van der Waals surface area contributed by atoms with E-state index in [1.807, 2.05) is 0 Å². The maximum Gasteiger partial charge on any atom is 0.460 e. The van der Waals surface area contributed by atoms with Gasteiger partial charge in [-0.15, -0.1) is 0 Å². The molecule has 0 aliphatic heterocycles. The molecule has 168 valence electrons. The first-order valence-electron chi connectivity index (χ1n) is 7.39. The van der Waals surface area contributed by atoms with Crippen LogP contribution in [0.2, 0.25) is 0 Å². The fourth-order valence-corrected chi connectivity index (χ4v) is 2.18. The highest BCUT2D eigenvalue weighted by atomic mass is 19.4. The van der Waals surface area contributed by atoms with Crippen molar-refractivity contribution < 1.29 is 57.1 Å². The minimum atomic E-state index is -7.94. The van der Waals surface area contributed by atoms with Crippen LogP contribution in [0.1, 0.15) is 5.69 Å². The van der Waals surface area contributed by atoms with Gasteiger partial charge in [-0.05, 0) is 6.07 Å². The van der Waals surface area contributed by atoms with Crippen molar-refractivity contribution in [3.8, 4) is 11.3 Å². The lowest BCUT2D eigenvalue weighted by molar-refractivity contribution is -0.442. The molecular formula is C15H7F13N2. The van der Waals surface area contributed by atoms with E-state index >= 15 is 0 Å². The first kappa shape index (κ1) is 23.8. The molecule has 0 aliphatic rings. The summed E-state index contributed by atoms with van der Waals surface area (Å²) in [5, 5.41) is 4.27. The number of rotatable bonds is 6. The Hall–Kier alpha value is -2.48. The third-order valence-corrected chi connectivity index (χ3v) is 3.92. The summed E-state index contributed by atoms with van der Waals surface area (Å²) in [4.78, 5) is 0. The summed E-state index contributed by atoms with van der Waals surface area (Å²) in [6, 6.07) is 6.50. The van der Waals surface area contributed by atoms with Gasteiger partial charge in [0, 0.05) is 5.56 Å². The second-order valence-electron chi connectivity index (χ2n) is 5.90. The number of aromatic amines is 1. The highest BCUT2D eigenvalue weighted by Gasteiger charge is 2.91. The summed E-state index contributed by atoms with van der Waals surface area (Å²) < 4.78 is 171. The third kappa shape index (κ3) is 3.17. The van der Waals surface area contributed by atoms with Gasteiger partial charge in [0.1, 0.15) is 5.69 Å². The second kappa shape index (κ2) is 6.77. The van der Waals surface area contributed by atoms with Gasteiger partial charge >= 0.3 is 35.8 Å². The van der Waals surface area contributed by atoms with Crippen LogP contribution in [0.4, 0.5) is 57.1 Å². The molecular weight excluding hydrogens is 455 g/mol. The minimum absolute atomic E-state index is 0.0272. The average Bonchev–Trinajstić information content (AvgIpc) is 3.11. The molecule has 2 nitrogen and oxygen atoms in total. The fraction of sp³-hybridized carbons (Fsp3) is 0.400. The van der Waals surface area contributed by atoms with E-state index in [9.17, 15) is 57.1 Å². The van der Waals surface area contributed by atoms with Crippen LogP contribution in [0.25, 0.3) is 11.3 Å². The quantitative estimate of drug-likeness (QED) is 0.504. The first-order chi connectivity index (χ1) is 13.3. The molecule has 0 saturated heterocycles. The van der Waals surface area contributed by atoms with E-state index in [0.717, 1.165) is 0 Å². The van der Waals surface area contributed by atoms with Crippen LogP contribution >= 0.6 is 0 Å². The Morgan fingerprint density at radius 3 is 1.53 bits per heavy atom. The normalized spacial score (nSPS) is 14.8. The van der Waals surface area contributed by atoms with Crippen LogP contribution in [0.3, 0.4) is 0 Å². The van der Waals surface area contributed by atoms with Gasteiger partial charge in [0.15, 0.2) is 0 Å². The zero-order valence-electron chi connectivity index (χ0n) is 13.8. The standard InChI is InChI=1S/C15H7F13N2/c16-10(17,9-6-8(29-30-9)7-4-2-1-3-5-7)11(18,19)12(20,21)13(22,23)14(24,25)15(26,27)28/h1-6H,(H,29,30). The molecule has 1 N–H and O–H groups in total. The summed E-state index contributed by atoms with van der Waals surface area (Å²) >= 11 is 0. The molecule has 0 aliphatic carbocycles. The Kier molecular flexibility index (Phi) is 5.37. The molecule has 15 heteroatoms. The molecule has 1 aromatic carbocycles. The number of hydrogen-bond donors (Lipinski definition) is 1. The lowest BCUT2D eigenvalue weighted by Gasteiger charge is -2.39. The van der Waals surface area contributed by atoms with Crippen molar-refractivity contribution in [3.63, 3.8) is 0 Å². The zero-order chi connectivity index (χ0) is 23.4. The Bertz CT molecular complexity index is 883. The van der Waals surface area contributed by atoms with Crippen LogP contribution < -0.4 is 0 Å². The number of H-pyrrole nitrogens is 1. The van der Waals surface area contributed by atoms with E-state index in [1.54, 1.807) is 0 Å². The summed E-state index contributed by atoms with van der Waals surface area (Å²) in [7, 11) is 0. The SMILES string of the molecule is FC(F)(F)C(F)(F)C(F)(F)C(F)(F)C(F)(F)C(F)(F)c1cc(-c2ccccc2)n[nH]1. The number of benzene rings is 1. The number of aromatic nitrogens is 2. The Morgan fingerprint density at radius 1 is 0.600 bits per heavy atom. The van der Waals surface area contributed by atoms with Gasteiger partial charge < -0.3 is 0 Å². The third-order valence-electron chi connectivity index (χ3n) is 3.92. The van der Waals surface area contributed by atoms with Gasteiger partial charge in [-0.1, -0.05) is 30.3 Å². The molecule has 2 rings (SSSR count). The van der Waals surface area contributed by atoms with Gasteiger partial charge in [-0.3, -0.25) is 5.10 Å². The predicted octanol–water partition coefficient (Wildman–Crippen LogP) is 6.27. The van der Waals surface area contributed by atoms with E-state index in [-0.39, 0.29) is 11.6 Å². The smallest absolute Gasteiger partial charge is 0.276 e. The van der Waals surface area contributed by atoms with Crippen molar-refractivity contribution in [1.82, 2.24) is 10.2 Å². The second-order valence-corrected chi connectivity index (χ2v) is 5.90. The maximum absolute atomic E-state index is 14.0. The molecule has 1 heterocycles. The van der Waals surface area contributed by atoms with Crippen molar-refractivity contribution in [1.29, 1.82) is 0 Å². The number of alkyl halides is 13. The van der Waals surface area contributed by atoms with Crippen LogP contribution in [-0.4, -0.2) is 40.1 Å². The molecule has 0 spiro atoms. The van der Waals surface area contributed by atoms with Gasteiger partial charge in [-0.2, -0.15) is 62.2 Å². The van der Waals surface area contributed by atoms with Crippen LogP contribution in [-0.2, 0) is 5.92 Å². The Balaban J connectivity index is 2.54. The van der Waals surface area contributed by atoms with E-state index in [2.05, 4.69) is 5.10 Å². The molecule has 0 fully saturated rings. The van der Waals surface area contributed by atoms with Gasteiger partial charge in [0.25, 0.3) is 0 Å². The molecule has 0 bridgehead atoms. The average molecular weight is 462 g/mol. The highest BCUT2D eigenvalue weighted by Crippen LogP contribution is 2.61. The van der Waals surface area contributed by atoms with Crippen molar-refractivity contribution in [2.24, 2.45) is 0 Å². The molecule has 2 aromatic rings. The molecule has 0 radical (unpaired) electrons. The maximum atomic E-state index is 14.0. The van der Waals surface area contributed by atoms with Crippen LogP contribution in [0.5, 0.6) is 0 Å². The lowest BCUT2D eigenvalue weighted by atomic mass is 9.92. The van der Waals surface area contributed by atoms with Crippen LogP contribution in [0.15, 0.2) is 36.4 Å². The van der Waals surface area contributed by atoms with E-state index < -0.39 is 47.2 Å². The first-order valence-corrected chi connectivity index (χ1v) is 7.39. The number of halogens is 13. The monoisotopic (exact) mass is 462 g/mol. The van der Waals surface area contributed by atoms with E-state index in [0.29, 0.717) is 0 Å².